The lowest BCUT2D eigenvalue weighted by molar-refractivity contribution is -0.123. The molecule has 8 nitrogen and oxygen atoms in total. The maximum Gasteiger partial charge on any atom is 0.335 e. The second kappa shape index (κ2) is 9.49. The number of rotatable bonds is 6. The van der Waals surface area contributed by atoms with E-state index in [1.54, 1.807) is 24.3 Å². The highest BCUT2D eigenvalue weighted by Crippen LogP contribution is 2.29. The molecule has 9 heteroatoms. The zero-order valence-electron chi connectivity index (χ0n) is 18.0. The van der Waals surface area contributed by atoms with Crippen molar-refractivity contribution in [2.75, 3.05) is 42.9 Å². The standard InChI is InChI=1S/C22H28N4O4S/c1-22(2,3)24-19(27)14-25-8-10-26(11-9-25)17-7-6-15(21(29)30)13-16(17)23-20(28)18-5-4-12-31-18/h4-7,12-13H,8-11,14H2,1-3H3,(H,23,28)(H,24,27)(H,29,30). The van der Waals surface area contributed by atoms with E-state index in [4.69, 9.17) is 0 Å². The lowest BCUT2D eigenvalue weighted by Gasteiger charge is -2.37. The second-order valence-corrected chi connectivity index (χ2v) is 9.48. The quantitative estimate of drug-likeness (QED) is 0.633. The maximum absolute atomic E-state index is 12.6. The molecule has 0 radical (unpaired) electrons. The average Bonchev–Trinajstić information content (AvgIpc) is 3.22. The van der Waals surface area contributed by atoms with Crippen LogP contribution in [0, 0.1) is 0 Å². The highest BCUT2D eigenvalue weighted by atomic mass is 32.1. The predicted octanol–water partition coefficient (Wildman–Crippen LogP) is 2.74. The molecule has 0 aliphatic carbocycles. The van der Waals surface area contributed by atoms with Crippen LogP contribution >= 0.6 is 11.3 Å². The van der Waals surface area contributed by atoms with Gasteiger partial charge in [0.25, 0.3) is 5.91 Å². The van der Waals surface area contributed by atoms with Crippen molar-refractivity contribution in [2.45, 2.75) is 26.3 Å². The first-order chi connectivity index (χ1) is 14.6. The van der Waals surface area contributed by atoms with Gasteiger partial charge in [0.2, 0.25) is 5.91 Å². The summed E-state index contributed by atoms with van der Waals surface area (Å²) in [7, 11) is 0. The molecule has 0 spiro atoms. The number of carboxylic acids is 1. The first-order valence-electron chi connectivity index (χ1n) is 10.1. The summed E-state index contributed by atoms with van der Waals surface area (Å²) in [6.45, 7) is 8.91. The Bertz CT molecular complexity index is 945. The molecule has 1 aromatic heterocycles. The molecule has 3 N–H and O–H groups in total. The van der Waals surface area contributed by atoms with Crippen LogP contribution in [0.25, 0.3) is 0 Å². The van der Waals surface area contributed by atoms with Crippen LogP contribution in [-0.2, 0) is 4.79 Å². The summed E-state index contributed by atoms with van der Waals surface area (Å²) in [5.41, 5.74) is 1.09. The number of hydrogen-bond acceptors (Lipinski definition) is 6. The number of carbonyl (C=O) groups excluding carboxylic acids is 2. The lowest BCUT2D eigenvalue weighted by atomic mass is 10.1. The van der Waals surface area contributed by atoms with Gasteiger partial charge in [0.15, 0.2) is 0 Å². The average molecular weight is 445 g/mol. The predicted molar refractivity (Wildman–Crippen MR) is 122 cm³/mol. The SMILES string of the molecule is CC(C)(C)NC(=O)CN1CCN(c2ccc(C(=O)O)cc2NC(=O)c2cccs2)CC1. The molecular formula is C22H28N4O4S. The van der Waals surface area contributed by atoms with E-state index in [-0.39, 0.29) is 22.9 Å². The fourth-order valence-electron chi connectivity index (χ4n) is 3.44. The third-order valence-electron chi connectivity index (χ3n) is 4.83. The topological polar surface area (TPSA) is 102 Å². The lowest BCUT2D eigenvalue weighted by Crippen LogP contribution is -2.51. The summed E-state index contributed by atoms with van der Waals surface area (Å²) < 4.78 is 0. The van der Waals surface area contributed by atoms with Gasteiger partial charge in [-0.05, 0) is 50.4 Å². The number of aromatic carboxylic acids is 1. The van der Waals surface area contributed by atoms with E-state index in [0.29, 0.717) is 43.3 Å². The van der Waals surface area contributed by atoms with E-state index in [0.717, 1.165) is 5.69 Å². The van der Waals surface area contributed by atoms with Gasteiger partial charge in [-0.1, -0.05) is 6.07 Å². The smallest absolute Gasteiger partial charge is 0.335 e. The van der Waals surface area contributed by atoms with Crippen LogP contribution in [0.2, 0.25) is 0 Å². The summed E-state index contributed by atoms with van der Waals surface area (Å²) in [6, 6.07) is 8.29. The molecule has 1 aliphatic rings. The minimum absolute atomic E-state index is 0.00402. The van der Waals surface area contributed by atoms with E-state index in [9.17, 15) is 19.5 Å². The molecule has 2 aromatic rings. The fraction of sp³-hybridized carbons (Fsp3) is 0.409. The summed E-state index contributed by atoms with van der Waals surface area (Å²) in [5.74, 6) is -1.32. The van der Waals surface area contributed by atoms with Crippen molar-refractivity contribution in [1.82, 2.24) is 10.2 Å². The number of amides is 2. The molecule has 31 heavy (non-hydrogen) atoms. The van der Waals surface area contributed by atoms with E-state index in [1.165, 1.54) is 17.4 Å². The van der Waals surface area contributed by atoms with Gasteiger partial charge >= 0.3 is 5.97 Å². The van der Waals surface area contributed by atoms with E-state index in [2.05, 4.69) is 20.4 Å². The second-order valence-electron chi connectivity index (χ2n) is 8.53. The van der Waals surface area contributed by atoms with Crippen molar-refractivity contribution in [1.29, 1.82) is 0 Å². The molecule has 1 aliphatic heterocycles. The normalized spacial score (nSPS) is 14.9. The molecule has 0 saturated carbocycles. The number of carboxylic acid groups (broad SMARTS) is 1. The van der Waals surface area contributed by atoms with E-state index in [1.807, 2.05) is 26.2 Å². The Morgan fingerprint density at radius 2 is 1.81 bits per heavy atom. The van der Waals surface area contributed by atoms with Crippen LogP contribution in [0.3, 0.4) is 0 Å². The summed E-state index contributed by atoms with van der Waals surface area (Å²) >= 11 is 1.33. The number of thiophene rings is 1. The molecule has 1 saturated heterocycles. The van der Waals surface area contributed by atoms with Crippen molar-refractivity contribution >= 4 is 40.5 Å². The summed E-state index contributed by atoms with van der Waals surface area (Å²) in [4.78, 5) is 40.9. The third-order valence-corrected chi connectivity index (χ3v) is 5.70. The minimum Gasteiger partial charge on any atom is -0.478 e. The Morgan fingerprint density at radius 3 is 2.39 bits per heavy atom. The van der Waals surface area contributed by atoms with Crippen LogP contribution < -0.4 is 15.5 Å². The van der Waals surface area contributed by atoms with E-state index < -0.39 is 5.97 Å². The monoisotopic (exact) mass is 444 g/mol. The number of carbonyl (C=O) groups is 3. The highest BCUT2D eigenvalue weighted by molar-refractivity contribution is 7.12. The first-order valence-corrected chi connectivity index (χ1v) is 11.0. The molecule has 3 rings (SSSR count). The van der Waals surface area contributed by atoms with Crippen LogP contribution in [-0.4, -0.2) is 66.1 Å². The zero-order valence-corrected chi connectivity index (χ0v) is 18.8. The number of hydrogen-bond donors (Lipinski definition) is 3. The Hall–Kier alpha value is -2.91. The van der Waals surface area contributed by atoms with Crippen LogP contribution in [0.5, 0.6) is 0 Å². The van der Waals surface area contributed by atoms with E-state index >= 15 is 0 Å². The van der Waals surface area contributed by atoms with Gasteiger partial charge in [0.1, 0.15) is 0 Å². The van der Waals surface area contributed by atoms with Crippen molar-refractivity contribution in [2.24, 2.45) is 0 Å². The number of benzene rings is 1. The maximum atomic E-state index is 12.6. The molecular weight excluding hydrogens is 416 g/mol. The number of piperazine rings is 1. The Morgan fingerprint density at radius 1 is 1.10 bits per heavy atom. The molecule has 0 bridgehead atoms. The van der Waals surface area contributed by atoms with Gasteiger partial charge in [-0.25, -0.2) is 4.79 Å². The molecule has 0 unspecified atom stereocenters. The summed E-state index contributed by atoms with van der Waals surface area (Å²) in [6.07, 6.45) is 0. The minimum atomic E-state index is -1.05. The van der Waals surface area contributed by atoms with Gasteiger partial charge in [-0.2, -0.15) is 0 Å². The number of nitrogens with zero attached hydrogens (tertiary/aromatic N) is 2. The Kier molecular flexibility index (Phi) is 6.97. The van der Waals surface area contributed by atoms with Gasteiger partial charge < -0.3 is 20.6 Å². The highest BCUT2D eigenvalue weighted by Gasteiger charge is 2.24. The van der Waals surface area contributed by atoms with Gasteiger partial charge in [0.05, 0.1) is 28.4 Å². The zero-order chi connectivity index (χ0) is 22.6. The Balaban J connectivity index is 1.70. The first kappa shape index (κ1) is 22.8. The van der Waals surface area contributed by atoms with Gasteiger partial charge in [-0.3, -0.25) is 14.5 Å². The molecule has 0 atom stereocenters. The van der Waals surface area contributed by atoms with Crippen molar-refractivity contribution < 1.29 is 19.5 Å². The van der Waals surface area contributed by atoms with Crippen molar-refractivity contribution in [3.63, 3.8) is 0 Å². The van der Waals surface area contributed by atoms with Crippen molar-refractivity contribution in [3.8, 4) is 0 Å². The largest absolute Gasteiger partial charge is 0.478 e. The van der Waals surface area contributed by atoms with Crippen LogP contribution in [0.15, 0.2) is 35.7 Å². The molecule has 1 aromatic carbocycles. The van der Waals surface area contributed by atoms with Crippen molar-refractivity contribution in [3.05, 3.63) is 46.2 Å². The molecule has 1 fully saturated rings. The Labute approximate surface area is 185 Å². The van der Waals surface area contributed by atoms with Crippen LogP contribution in [0.1, 0.15) is 40.8 Å². The molecule has 2 amide bonds. The third kappa shape index (κ3) is 6.28. The van der Waals surface area contributed by atoms with Crippen LogP contribution in [0.4, 0.5) is 11.4 Å². The van der Waals surface area contributed by atoms with Gasteiger partial charge in [0, 0.05) is 31.7 Å². The number of nitrogens with one attached hydrogen (secondary N) is 2. The van der Waals surface area contributed by atoms with Gasteiger partial charge in [-0.15, -0.1) is 11.3 Å². The number of anilines is 2. The molecule has 166 valence electrons. The fourth-order valence-corrected chi connectivity index (χ4v) is 4.06. The summed E-state index contributed by atoms with van der Waals surface area (Å²) in [5, 5.41) is 17.0. The molecule has 2 heterocycles.